The van der Waals surface area contributed by atoms with Crippen LogP contribution in [0.1, 0.15) is 12.7 Å². The lowest BCUT2D eigenvalue weighted by Crippen LogP contribution is -2.12. The van der Waals surface area contributed by atoms with E-state index in [4.69, 9.17) is 10.8 Å². The van der Waals surface area contributed by atoms with Crippen molar-refractivity contribution in [2.75, 3.05) is 0 Å². The number of carbonyl (C=O) groups is 1. The summed E-state index contributed by atoms with van der Waals surface area (Å²) in [6.07, 6.45) is 1.11. The largest absolute Gasteiger partial charge is 0.477 e. The summed E-state index contributed by atoms with van der Waals surface area (Å²) in [4.78, 5) is 14.0. The second kappa shape index (κ2) is 3.04. The van der Waals surface area contributed by atoms with Crippen molar-refractivity contribution in [3.8, 4) is 0 Å². The number of hydrogen-bond acceptors (Lipinski definition) is 5. The van der Waals surface area contributed by atoms with Crippen LogP contribution in [0.4, 0.5) is 0 Å². The minimum atomic E-state index is -1.20. The number of carboxylic acids is 1. The third kappa shape index (κ3) is 1.42. The van der Waals surface area contributed by atoms with Crippen molar-refractivity contribution in [1.82, 2.24) is 10.1 Å². The number of aliphatic carboxylic acids is 1. The lowest BCUT2D eigenvalue weighted by atomic mass is 10.2. The van der Waals surface area contributed by atoms with E-state index in [1.807, 2.05) is 0 Å². The van der Waals surface area contributed by atoms with Gasteiger partial charge >= 0.3 is 5.97 Å². The molecule has 0 aliphatic heterocycles. The van der Waals surface area contributed by atoms with Crippen molar-refractivity contribution in [3.05, 3.63) is 17.9 Å². The monoisotopic (exact) mass is 169 g/mol. The fourth-order valence-electron chi connectivity index (χ4n) is 0.617. The van der Waals surface area contributed by atoms with Crippen molar-refractivity contribution >= 4 is 11.5 Å². The Bertz CT molecular complexity index is 315. The zero-order valence-corrected chi connectivity index (χ0v) is 6.31. The maximum atomic E-state index is 10.4. The van der Waals surface area contributed by atoms with Gasteiger partial charge in [0.2, 0.25) is 6.39 Å². The van der Waals surface area contributed by atoms with Crippen LogP contribution in [0, 0.1) is 0 Å². The molecule has 64 valence electrons. The van der Waals surface area contributed by atoms with Crippen molar-refractivity contribution < 1.29 is 14.4 Å². The topological polar surface area (TPSA) is 102 Å². The van der Waals surface area contributed by atoms with Gasteiger partial charge in [-0.2, -0.15) is 4.98 Å². The van der Waals surface area contributed by atoms with Crippen LogP contribution in [-0.4, -0.2) is 21.2 Å². The molecule has 0 spiro atoms. The molecule has 0 atom stereocenters. The molecule has 0 unspecified atom stereocenters. The van der Waals surface area contributed by atoms with Gasteiger partial charge in [-0.15, -0.1) is 0 Å². The van der Waals surface area contributed by atoms with E-state index in [1.54, 1.807) is 0 Å². The molecule has 0 aliphatic carbocycles. The molecule has 1 aromatic heterocycles. The van der Waals surface area contributed by atoms with Crippen molar-refractivity contribution in [3.63, 3.8) is 0 Å². The first-order valence-electron chi connectivity index (χ1n) is 3.09. The van der Waals surface area contributed by atoms with Gasteiger partial charge < -0.3 is 15.4 Å². The lowest BCUT2D eigenvalue weighted by molar-refractivity contribution is -0.132. The van der Waals surface area contributed by atoms with E-state index in [-0.39, 0.29) is 17.1 Å². The fraction of sp³-hybridized carbons (Fsp3) is 0.167. The predicted molar refractivity (Wildman–Crippen MR) is 38.7 cm³/mol. The summed E-state index contributed by atoms with van der Waals surface area (Å²) in [5.41, 5.74) is 5.22. The van der Waals surface area contributed by atoms with E-state index in [0.717, 1.165) is 6.39 Å². The molecular weight excluding hydrogens is 162 g/mol. The summed E-state index contributed by atoms with van der Waals surface area (Å²) >= 11 is 0. The predicted octanol–water partition coefficient (Wildman–Crippen LogP) is -0.156. The van der Waals surface area contributed by atoms with Crippen LogP contribution in [0.2, 0.25) is 0 Å². The van der Waals surface area contributed by atoms with Crippen LogP contribution < -0.4 is 5.73 Å². The number of nitrogens with zero attached hydrogens (tertiary/aromatic N) is 2. The van der Waals surface area contributed by atoms with E-state index < -0.39 is 5.97 Å². The number of nitrogens with two attached hydrogens (primary N) is 1. The molecule has 0 aromatic carbocycles. The Balaban J connectivity index is 3.05. The molecule has 0 aliphatic rings. The zero-order valence-electron chi connectivity index (χ0n) is 6.31. The molecule has 0 saturated heterocycles. The van der Waals surface area contributed by atoms with Gasteiger partial charge in [0.05, 0.1) is 0 Å². The molecule has 6 heteroatoms. The van der Waals surface area contributed by atoms with Crippen molar-refractivity contribution in [1.29, 1.82) is 0 Å². The Morgan fingerprint density at radius 1 is 1.75 bits per heavy atom. The van der Waals surface area contributed by atoms with E-state index in [0.29, 0.717) is 0 Å². The number of rotatable bonds is 2. The molecule has 1 heterocycles. The molecular formula is C6H7N3O3. The van der Waals surface area contributed by atoms with Crippen LogP contribution >= 0.6 is 0 Å². The highest BCUT2D eigenvalue weighted by atomic mass is 16.5. The smallest absolute Gasteiger partial charge is 0.352 e. The SMILES string of the molecule is C/C(=C(/N)C(=O)O)c1ncon1. The number of hydrogen-bond donors (Lipinski definition) is 2. The van der Waals surface area contributed by atoms with Gasteiger partial charge in [0.15, 0.2) is 5.82 Å². The zero-order chi connectivity index (χ0) is 9.14. The highest BCUT2D eigenvalue weighted by molar-refractivity contribution is 5.93. The summed E-state index contributed by atoms with van der Waals surface area (Å²) < 4.78 is 4.42. The van der Waals surface area contributed by atoms with E-state index in [1.165, 1.54) is 6.92 Å². The average molecular weight is 169 g/mol. The fourth-order valence-corrected chi connectivity index (χ4v) is 0.617. The lowest BCUT2D eigenvalue weighted by Gasteiger charge is -1.96. The molecule has 0 amide bonds. The minimum absolute atomic E-state index is 0.190. The molecule has 1 rings (SSSR count). The first kappa shape index (κ1) is 8.25. The normalized spacial score (nSPS) is 12.4. The van der Waals surface area contributed by atoms with Gasteiger partial charge in [-0.1, -0.05) is 5.16 Å². The Morgan fingerprint density at radius 3 is 2.83 bits per heavy atom. The van der Waals surface area contributed by atoms with Crippen LogP contribution in [0.3, 0.4) is 0 Å². The second-order valence-electron chi connectivity index (χ2n) is 2.10. The molecule has 1 aromatic rings. The van der Waals surface area contributed by atoms with Crippen molar-refractivity contribution in [2.45, 2.75) is 6.92 Å². The minimum Gasteiger partial charge on any atom is -0.477 e. The van der Waals surface area contributed by atoms with E-state index >= 15 is 0 Å². The summed E-state index contributed by atoms with van der Waals surface area (Å²) in [5, 5.41) is 11.9. The van der Waals surface area contributed by atoms with E-state index in [2.05, 4.69) is 14.7 Å². The molecule has 3 N–H and O–H groups in total. The van der Waals surface area contributed by atoms with Gasteiger partial charge in [-0.25, -0.2) is 4.79 Å². The van der Waals surface area contributed by atoms with Gasteiger partial charge in [0.25, 0.3) is 0 Å². The Morgan fingerprint density at radius 2 is 2.42 bits per heavy atom. The highest BCUT2D eigenvalue weighted by Crippen LogP contribution is 2.09. The van der Waals surface area contributed by atoms with Crippen LogP contribution in [-0.2, 0) is 4.79 Å². The molecule has 0 fully saturated rings. The van der Waals surface area contributed by atoms with Gasteiger partial charge in [-0.3, -0.25) is 0 Å². The summed E-state index contributed by atoms with van der Waals surface area (Å²) in [5.74, 6) is -1.01. The highest BCUT2D eigenvalue weighted by Gasteiger charge is 2.11. The van der Waals surface area contributed by atoms with E-state index in [9.17, 15) is 4.79 Å². The first-order chi connectivity index (χ1) is 5.63. The Hall–Kier alpha value is -1.85. The number of aromatic nitrogens is 2. The number of allylic oxidation sites excluding steroid dienone is 1. The summed E-state index contributed by atoms with van der Waals surface area (Å²) in [6, 6.07) is 0. The van der Waals surface area contributed by atoms with Crippen molar-refractivity contribution in [2.24, 2.45) is 5.73 Å². The summed E-state index contributed by atoms with van der Waals surface area (Å²) in [6.45, 7) is 1.51. The first-order valence-corrected chi connectivity index (χ1v) is 3.09. The molecule has 6 nitrogen and oxygen atoms in total. The molecule has 12 heavy (non-hydrogen) atoms. The van der Waals surface area contributed by atoms with Crippen LogP contribution in [0.5, 0.6) is 0 Å². The summed E-state index contributed by atoms with van der Waals surface area (Å²) in [7, 11) is 0. The average Bonchev–Trinajstić information content (AvgIpc) is 2.53. The Labute approximate surface area is 67.7 Å². The Kier molecular flexibility index (Phi) is 2.09. The quantitative estimate of drug-likeness (QED) is 0.596. The van der Waals surface area contributed by atoms with Gasteiger partial charge in [0.1, 0.15) is 5.70 Å². The van der Waals surface area contributed by atoms with Gasteiger partial charge in [-0.05, 0) is 6.92 Å². The van der Waals surface area contributed by atoms with Crippen LogP contribution in [0.25, 0.3) is 5.57 Å². The third-order valence-corrected chi connectivity index (χ3v) is 1.33. The van der Waals surface area contributed by atoms with Crippen LogP contribution in [0.15, 0.2) is 16.6 Å². The molecule has 0 saturated carbocycles. The number of carboxylic acid groups (broad SMARTS) is 1. The maximum absolute atomic E-state index is 10.4. The standard InChI is InChI=1S/C6H7N3O3/c1-3(4(7)6(10)11)5-8-2-12-9-5/h2H,7H2,1H3,(H,10,11)/b4-3-. The molecule has 0 radical (unpaired) electrons. The second-order valence-corrected chi connectivity index (χ2v) is 2.10. The maximum Gasteiger partial charge on any atom is 0.352 e. The third-order valence-electron chi connectivity index (χ3n) is 1.33. The van der Waals surface area contributed by atoms with Gasteiger partial charge in [0, 0.05) is 5.57 Å². The molecule has 0 bridgehead atoms.